The van der Waals surface area contributed by atoms with Gasteiger partial charge in [0.15, 0.2) is 5.13 Å². The molecule has 0 spiro atoms. The molecule has 2 rings (SSSR count). The van der Waals surface area contributed by atoms with Crippen molar-refractivity contribution in [2.45, 2.75) is 26.4 Å². The van der Waals surface area contributed by atoms with E-state index in [4.69, 9.17) is 9.15 Å². The highest BCUT2D eigenvalue weighted by atomic mass is 32.1. The summed E-state index contributed by atoms with van der Waals surface area (Å²) in [5.74, 6) is 2.56. The summed E-state index contributed by atoms with van der Waals surface area (Å²) < 4.78 is 10.9. The summed E-state index contributed by atoms with van der Waals surface area (Å²) in [6, 6.07) is 4.13. The number of nitrogens with zero attached hydrogens (tertiary/aromatic N) is 2. The molecule has 1 N–H and O–H groups in total. The molecule has 2 heterocycles. The Morgan fingerprint density at radius 3 is 2.75 bits per heavy atom. The number of rotatable bonds is 6. The number of furan rings is 1. The molecule has 0 fully saturated rings. The molecule has 5 nitrogen and oxygen atoms in total. The topological polar surface area (TPSA) is 50.5 Å². The standard InChI is InChI=1S/C14H21N3O2S/c1-9-6-7-11(19-9)10(2)15-8-12-13(18-5)16-14(20-12)17(3)4/h6-7,10,15H,8H2,1-5H3. The third-order valence-electron chi connectivity index (χ3n) is 2.98. The molecule has 0 amide bonds. The molecule has 1 unspecified atom stereocenters. The molecule has 2 aromatic heterocycles. The molecule has 6 heteroatoms. The fourth-order valence-corrected chi connectivity index (χ4v) is 2.72. The largest absolute Gasteiger partial charge is 0.480 e. The number of aromatic nitrogens is 1. The molecule has 0 aliphatic heterocycles. The molecule has 0 aliphatic carbocycles. The fraction of sp³-hybridized carbons (Fsp3) is 0.500. The zero-order valence-electron chi connectivity index (χ0n) is 12.6. The van der Waals surface area contributed by atoms with Crippen molar-refractivity contribution in [2.24, 2.45) is 0 Å². The highest BCUT2D eigenvalue weighted by Crippen LogP contribution is 2.30. The molecule has 0 aromatic carbocycles. The minimum absolute atomic E-state index is 0.151. The lowest BCUT2D eigenvalue weighted by molar-refractivity contribution is 0.387. The lowest BCUT2D eigenvalue weighted by atomic mass is 10.2. The lowest BCUT2D eigenvalue weighted by Gasteiger charge is -2.10. The van der Waals surface area contributed by atoms with Crippen LogP contribution in [0.4, 0.5) is 5.13 Å². The molecule has 0 bridgehead atoms. The van der Waals surface area contributed by atoms with Gasteiger partial charge in [0.1, 0.15) is 11.5 Å². The highest BCUT2D eigenvalue weighted by Gasteiger charge is 2.15. The number of methoxy groups -OCH3 is 1. The summed E-state index contributed by atoms with van der Waals surface area (Å²) >= 11 is 1.63. The number of hydrogen-bond donors (Lipinski definition) is 1. The number of hydrogen-bond acceptors (Lipinski definition) is 6. The molecule has 0 saturated heterocycles. The number of nitrogens with one attached hydrogen (secondary N) is 1. The van der Waals surface area contributed by atoms with Crippen LogP contribution in [-0.2, 0) is 6.54 Å². The zero-order chi connectivity index (χ0) is 14.7. The SMILES string of the molecule is COc1nc(N(C)C)sc1CNC(C)c1ccc(C)o1. The van der Waals surface area contributed by atoms with Gasteiger partial charge in [-0.1, -0.05) is 11.3 Å². The van der Waals surface area contributed by atoms with Gasteiger partial charge in [0.2, 0.25) is 5.88 Å². The van der Waals surface area contributed by atoms with Gasteiger partial charge >= 0.3 is 0 Å². The normalized spacial score (nSPS) is 12.4. The minimum Gasteiger partial charge on any atom is -0.480 e. The summed E-state index contributed by atoms with van der Waals surface area (Å²) in [5, 5.41) is 4.38. The van der Waals surface area contributed by atoms with E-state index in [1.807, 2.05) is 38.1 Å². The van der Waals surface area contributed by atoms with Crippen molar-refractivity contribution in [1.29, 1.82) is 0 Å². The predicted octanol–water partition coefficient (Wildman–Crippen LogP) is 2.97. The van der Waals surface area contributed by atoms with E-state index in [0.29, 0.717) is 12.4 Å². The quantitative estimate of drug-likeness (QED) is 0.888. The van der Waals surface area contributed by atoms with E-state index < -0.39 is 0 Å². The van der Waals surface area contributed by atoms with Gasteiger partial charge in [0, 0.05) is 20.6 Å². The Morgan fingerprint density at radius 2 is 2.20 bits per heavy atom. The first kappa shape index (κ1) is 14.9. The molecule has 0 saturated carbocycles. The van der Waals surface area contributed by atoms with Gasteiger partial charge in [-0.15, -0.1) is 0 Å². The van der Waals surface area contributed by atoms with Crippen LogP contribution in [0.2, 0.25) is 0 Å². The average molecular weight is 295 g/mol. The van der Waals surface area contributed by atoms with Crippen molar-refractivity contribution in [1.82, 2.24) is 10.3 Å². The van der Waals surface area contributed by atoms with Crippen LogP contribution in [0.5, 0.6) is 5.88 Å². The van der Waals surface area contributed by atoms with Crippen LogP contribution in [0.15, 0.2) is 16.5 Å². The van der Waals surface area contributed by atoms with Gasteiger partial charge < -0.3 is 19.4 Å². The Morgan fingerprint density at radius 1 is 1.45 bits per heavy atom. The molecule has 1 atom stereocenters. The number of aryl methyl sites for hydroxylation is 1. The number of ether oxygens (including phenoxy) is 1. The zero-order valence-corrected chi connectivity index (χ0v) is 13.4. The number of anilines is 1. The van der Waals surface area contributed by atoms with E-state index in [-0.39, 0.29) is 6.04 Å². The first-order valence-electron chi connectivity index (χ1n) is 6.52. The third kappa shape index (κ3) is 3.32. The molecular weight excluding hydrogens is 274 g/mol. The van der Waals surface area contributed by atoms with Crippen LogP contribution in [0.25, 0.3) is 0 Å². The average Bonchev–Trinajstić information content (AvgIpc) is 3.01. The smallest absolute Gasteiger partial charge is 0.230 e. The summed E-state index contributed by atoms with van der Waals surface area (Å²) in [5.41, 5.74) is 0. The van der Waals surface area contributed by atoms with Crippen LogP contribution in [0.3, 0.4) is 0 Å². The van der Waals surface area contributed by atoms with Gasteiger partial charge in [-0.05, 0) is 26.0 Å². The fourth-order valence-electron chi connectivity index (χ4n) is 1.82. The second-order valence-corrected chi connectivity index (χ2v) is 5.94. The molecule has 110 valence electrons. The van der Waals surface area contributed by atoms with E-state index in [1.165, 1.54) is 0 Å². The first-order chi connectivity index (χ1) is 9.51. The van der Waals surface area contributed by atoms with E-state index in [9.17, 15) is 0 Å². The lowest BCUT2D eigenvalue weighted by Crippen LogP contribution is -2.17. The van der Waals surface area contributed by atoms with Gasteiger partial charge in [0.05, 0.1) is 18.0 Å². The summed E-state index contributed by atoms with van der Waals surface area (Å²) in [4.78, 5) is 7.51. The predicted molar refractivity (Wildman–Crippen MR) is 81.7 cm³/mol. The van der Waals surface area contributed by atoms with Gasteiger partial charge in [-0.25, -0.2) is 0 Å². The van der Waals surface area contributed by atoms with Crippen LogP contribution in [0.1, 0.15) is 29.4 Å². The molecule has 0 radical (unpaired) electrons. The maximum absolute atomic E-state index is 5.62. The second kappa shape index (κ2) is 6.28. The Kier molecular flexibility index (Phi) is 4.67. The maximum Gasteiger partial charge on any atom is 0.230 e. The van der Waals surface area contributed by atoms with E-state index >= 15 is 0 Å². The molecular formula is C14H21N3O2S. The van der Waals surface area contributed by atoms with Gasteiger partial charge in [0.25, 0.3) is 0 Å². The van der Waals surface area contributed by atoms with Crippen molar-refractivity contribution >= 4 is 16.5 Å². The Labute approximate surface area is 123 Å². The maximum atomic E-state index is 5.62. The van der Waals surface area contributed by atoms with Crippen LogP contribution in [0, 0.1) is 6.92 Å². The monoisotopic (exact) mass is 295 g/mol. The first-order valence-corrected chi connectivity index (χ1v) is 7.33. The molecule has 20 heavy (non-hydrogen) atoms. The van der Waals surface area contributed by atoms with Crippen molar-refractivity contribution < 1.29 is 9.15 Å². The second-order valence-electron chi connectivity index (χ2n) is 4.87. The highest BCUT2D eigenvalue weighted by molar-refractivity contribution is 7.15. The van der Waals surface area contributed by atoms with E-state index in [0.717, 1.165) is 21.5 Å². The van der Waals surface area contributed by atoms with Gasteiger partial charge in [-0.3, -0.25) is 0 Å². The van der Waals surface area contributed by atoms with Crippen molar-refractivity contribution in [2.75, 3.05) is 26.1 Å². The third-order valence-corrected chi connectivity index (χ3v) is 4.19. The van der Waals surface area contributed by atoms with Crippen LogP contribution in [-0.4, -0.2) is 26.2 Å². The van der Waals surface area contributed by atoms with Crippen LogP contribution >= 0.6 is 11.3 Å². The summed E-state index contributed by atoms with van der Waals surface area (Å²) in [6.45, 7) is 4.74. The molecule has 0 aliphatic rings. The Balaban J connectivity index is 2.03. The van der Waals surface area contributed by atoms with Gasteiger partial charge in [-0.2, -0.15) is 4.98 Å². The van der Waals surface area contributed by atoms with E-state index in [2.05, 4.69) is 17.2 Å². The summed E-state index contributed by atoms with van der Waals surface area (Å²) in [6.07, 6.45) is 0. The summed E-state index contributed by atoms with van der Waals surface area (Å²) in [7, 11) is 5.60. The Bertz CT molecular complexity index is 563. The van der Waals surface area contributed by atoms with Crippen molar-refractivity contribution in [3.8, 4) is 5.88 Å². The van der Waals surface area contributed by atoms with Crippen molar-refractivity contribution in [3.05, 3.63) is 28.5 Å². The Hall–Kier alpha value is -1.53. The van der Waals surface area contributed by atoms with Crippen molar-refractivity contribution in [3.63, 3.8) is 0 Å². The molecule has 2 aromatic rings. The van der Waals surface area contributed by atoms with Crippen LogP contribution < -0.4 is 15.0 Å². The minimum atomic E-state index is 0.151. The van der Waals surface area contributed by atoms with E-state index in [1.54, 1.807) is 18.4 Å². The number of thiazole rings is 1.